The minimum Gasteiger partial charge on any atom is -0.496 e. The van der Waals surface area contributed by atoms with Crippen LogP contribution in [0.4, 0.5) is 5.69 Å². The smallest absolute Gasteiger partial charge is 0.257 e. The highest BCUT2D eigenvalue weighted by molar-refractivity contribution is 6.30. The third kappa shape index (κ3) is 3.47. The van der Waals surface area contributed by atoms with Gasteiger partial charge in [0.2, 0.25) is 5.91 Å². The highest BCUT2D eigenvalue weighted by atomic mass is 35.5. The molecule has 28 heavy (non-hydrogen) atoms. The van der Waals surface area contributed by atoms with Crippen LogP contribution in [0.5, 0.6) is 5.75 Å². The number of ether oxygens (including phenoxy) is 1. The highest BCUT2D eigenvalue weighted by Gasteiger charge is 2.51. The van der Waals surface area contributed by atoms with E-state index in [1.165, 1.54) is 0 Å². The summed E-state index contributed by atoms with van der Waals surface area (Å²) in [5.74, 6) is 0.414. The number of rotatable bonds is 5. The SMILES string of the molecule is COc1ccc(NC(=O)C2(c3ccc(Cl)cc3)CC2)cc1C(=O)N1CCCC1. The maximum Gasteiger partial charge on any atom is 0.257 e. The summed E-state index contributed by atoms with van der Waals surface area (Å²) in [6.45, 7) is 1.52. The molecule has 0 radical (unpaired) electrons. The number of methoxy groups -OCH3 is 1. The normalized spacial score (nSPS) is 17.3. The molecule has 0 bridgehead atoms. The average Bonchev–Trinajstić information content (AvgIpc) is 3.34. The van der Waals surface area contributed by atoms with E-state index in [4.69, 9.17) is 16.3 Å². The van der Waals surface area contributed by atoms with Crippen LogP contribution in [0.25, 0.3) is 0 Å². The Bertz CT molecular complexity index is 900. The van der Waals surface area contributed by atoms with Crippen molar-refractivity contribution in [3.05, 3.63) is 58.6 Å². The first-order chi connectivity index (χ1) is 13.5. The molecule has 2 aliphatic rings. The summed E-state index contributed by atoms with van der Waals surface area (Å²) in [6, 6.07) is 12.7. The van der Waals surface area contributed by atoms with Gasteiger partial charge >= 0.3 is 0 Å². The van der Waals surface area contributed by atoms with E-state index in [1.807, 2.05) is 29.2 Å². The summed E-state index contributed by atoms with van der Waals surface area (Å²) in [5, 5.41) is 3.65. The number of nitrogens with zero attached hydrogens (tertiary/aromatic N) is 1. The number of likely N-dealkylation sites (tertiary alicyclic amines) is 1. The fraction of sp³-hybridized carbons (Fsp3) is 0.364. The third-order valence-electron chi connectivity index (χ3n) is 5.66. The molecule has 2 amide bonds. The Morgan fingerprint density at radius 2 is 1.75 bits per heavy atom. The van der Waals surface area contributed by atoms with Gasteiger partial charge in [0, 0.05) is 23.8 Å². The lowest BCUT2D eigenvalue weighted by molar-refractivity contribution is -0.118. The minimum atomic E-state index is -0.510. The fourth-order valence-electron chi connectivity index (χ4n) is 3.83. The predicted octanol–water partition coefficient (Wildman–Crippen LogP) is 4.25. The van der Waals surface area contributed by atoms with Crippen molar-refractivity contribution in [3.63, 3.8) is 0 Å². The van der Waals surface area contributed by atoms with Crippen molar-refractivity contribution in [2.75, 3.05) is 25.5 Å². The van der Waals surface area contributed by atoms with Crippen LogP contribution in [-0.4, -0.2) is 36.9 Å². The van der Waals surface area contributed by atoms with Gasteiger partial charge < -0.3 is 15.0 Å². The zero-order chi connectivity index (χ0) is 19.7. The molecule has 2 aromatic carbocycles. The van der Waals surface area contributed by atoms with Crippen LogP contribution in [0.1, 0.15) is 41.6 Å². The zero-order valence-electron chi connectivity index (χ0n) is 15.8. The number of nitrogens with one attached hydrogen (secondary N) is 1. The van der Waals surface area contributed by atoms with E-state index in [-0.39, 0.29) is 11.8 Å². The Morgan fingerprint density at radius 1 is 1.07 bits per heavy atom. The molecule has 0 aromatic heterocycles. The number of benzene rings is 2. The molecular weight excluding hydrogens is 376 g/mol. The van der Waals surface area contributed by atoms with Gasteiger partial charge in [-0.15, -0.1) is 0 Å². The number of halogens is 1. The number of carbonyl (C=O) groups is 2. The molecule has 1 saturated heterocycles. The first kappa shape index (κ1) is 18.8. The molecule has 146 valence electrons. The summed E-state index contributed by atoms with van der Waals surface area (Å²) in [6.07, 6.45) is 3.65. The topological polar surface area (TPSA) is 58.6 Å². The number of amides is 2. The van der Waals surface area contributed by atoms with Gasteiger partial charge in [0.1, 0.15) is 5.75 Å². The van der Waals surface area contributed by atoms with Crippen molar-refractivity contribution >= 4 is 29.1 Å². The van der Waals surface area contributed by atoms with Crippen molar-refractivity contribution < 1.29 is 14.3 Å². The van der Waals surface area contributed by atoms with Gasteiger partial charge in [-0.25, -0.2) is 0 Å². The number of carbonyl (C=O) groups excluding carboxylic acids is 2. The van der Waals surface area contributed by atoms with Crippen molar-refractivity contribution in [1.82, 2.24) is 4.90 Å². The Hall–Kier alpha value is -2.53. The summed E-state index contributed by atoms with van der Waals surface area (Å²) < 4.78 is 5.37. The third-order valence-corrected chi connectivity index (χ3v) is 5.91. The molecule has 0 unspecified atom stereocenters. The molecule has 1 saturated carbocycles. The zero-order valence-corrected chi connectivity index (χ0v) is 16.6. The lowest BCUT2D eigenvalue weighted by atomic mass is 9.95. The number of hydrogen-bond donors (Lipinski definition) is 1. The van der Waals surface area contributed by atoms with Crippen molar-refractivity contribution in [2.24, 2.45) is 0 Å². The number of hydrogen-bond acceptors (Lipinski definition) is 3. The van der Waals surface area contributed by atoms with Crippen LogP contribution in [0.15, 0.2) is 42.5 Å². The second-order valence-corrected chi connectivity index (χ2v) is 7.89. The molecule has 5 nitrogen and oxygen atoms in total. The van der Waals surface area contributed by atoms with Crippen molar-refractivity contribution in [2.45, 2.75) is 31.1 Å². The monoisotopic (exact) mass is 398 g/mol. The molecular formula is C22H23ClN2O3. The molecule has 0 spiro atoms. The average molecular weight is 399 g/mol. The Morgan fingerprint density at radius 3 is 2.36 bits per heavy atom. The van der Waals surface area contributed by atoms with Crippen LogP contribution < -0.4 is 10.1 Å². The summed E-state index contributed by atoms with van der Waals surface area (Å²) in [5.41, 5.74) is 1.55. The van der Waals surface area contributed by atoms with Crippen LogP contribution >= 0.6 is 11.6 Å². The lowest BCUT2D eigenvalue weighted by Gasteiger charge is -2.19. The van der Waals surface area contributed by atoms with Crippen LogP contribution in [0.3, 0.4) is 0 Å². The van der Waals surface area contributed by atoms with Crippen molar-refractivity contribution in [1.29, 1.82) is 0 Å². The van der Waals surface area contributed by atoms with E-state index < -0.39 is 5.41 Å². The molecule has 1 aliphatic heterocycles. The quantitative estimate of drug-likeness (QED) is 0.818. The van der Waals surface area contributed by atoms with E-state index in [1.54, 1.807) is 25.3 Å². The Balaban J connectivity index is 1.56. The Kier molecular flexibility index (Phi) is 5.02. The molecule has 2 fully saturated rings. The number of anilines is 1. The lowest BCUT2D eigenvalue weighted by Crippen LogP contribution is -2.29. The first-order valence-electron chi connectivity index (χ1n) is 9.58. The van der Waals surface area contributed by atoms with Gasteiger partial charge in [-0.2, -0.15) is 0 Å². The molecule has 6 heteroatoms. The van der Waals surface area contributed by atoms with Crippen LogP contribution in [-0.2, 0) is 10.2 Å². The Labute approximate surface area is 169 Å². The van der Waals surface area contributed by atoms with Crippen molar-refractivity contribution in [3.8, 4) is 5.75 Å². The van der Waals surface area contributed by atoms with E-state index in [0.29, 0.717) is 22.0 Å². The van der Waals surface area contributed by atoms with Gasteiger partial charge in [-0.1, -0.05) is 23.7 Å². The van der Waals surface area contributed by atoms with E-state index >= 15 is 0 Å². The minimum absolute atomic E-state index is 0.0516. The molecule has 1 heterocycles. The first-order valence-corrected chi connectivity index (χ1v) is 9.96. The summed E-state index contributed by atoms with van der Waals surface area (Å²) >= 11 is 5.97. The van der Waals surface area contributed by atoms with Gasteiger partial charge in [0.05, 0.1) is 18.1 Å². The van der Waals surface area contributed by atoms with Gasteiger partial charge in [0.15, 0.2) is 0 Å². The maximum absolute atomic E-state index is 13.0. The van der Waals surface area contributed by atoms with Gasteiger partial charge in [-0.3, -0.25) is 9.59 Å². The highest BCUT2D eigenvalue weighted by Crippen LogP contribution is 2.49. The molecule has 2 aromatic rings. The van der Waals surface area contributed by atoms with E-state index in [0.717, 1.165) is 44.3 Å². The maximum atomic E-state index is 13.0. The molecule has 1 N–H and O–H groups in total. The predicted molar refractivity (Wildman–Crippen MR) is 109 cm³/mol. The summed E-state index contributed by atoms with van der Waals surface area (Å²) in [4.78, 5) is 27.7. The standard InChI is InChI=1S/C22H23ClN2O3/c1-28-19-9-8-17(14-18(19)20(26)25-12-2-3-13-25)24-21(27)22(10-11-22)15-4-6-16(23)7-5-15/h4-9,14H,2-3,10-13H2,1H3,(H,24,27). The largest absolute Gasteiger partial charge is 0.496 e. The molecule has 1 aliphatic carbocycles. The van der Waals surface area contributed by atoms with Crippen LogP contribution in [0.2, 0.25) is 5.02 Å². The fourth-order valence-corrected chi connectivity index (χ4v) is 3.96. The second kappa shape index (κ2) is 7.47. The van der Waals surface area contributed by atoms with E-state index in [2.05, 4.69) is 5.32 Å². The molecule has 4 rings (SSSR count). The van der Waals surface area contributed by atoms with Gasteiger partial charge in [-0.05, 0) is 61.6 Å². The second-order valence-electron chi connectivity index (χ2n) is 7.46. The molecule has 0 atom stereocenters. The van der Waals surface area contributed by atoms with E-state index in [9.17, 15) is 9.59 Å². The van der Waals surface area contributed by atoms with Crippen LogP contribution in [0, 0.1) is 0 Å². The van der Waals surface area contributed by atoms with Gasteiger partial charge in [0.25, 0.3) is 5.91 Å². The summed E-state index contributed by atoms with van der Waals surface area (Å²) in [7, 11) is 1.55.